The van der Waals surface area contributed by atoms with Gasteiger partial charge in [-0.2, -0.15) is 0 Å². The lowest BCUT2D eigenvalue weighted by Gasteiger charge is -2.30. The lowest BCUT2D eigenvalue weighted by molar-refractivity contribution is -0.132. The predicted molar refractivity (Wildman–Crippen MR) is 82.4 cm³/mol. The number of benzene rings is 1. The molecule has 112 valence electrons. The molecule has 0 spiro atoms. The number of carbonyl (C=O) groups excluding carboxylic acids is 1. The topological polar surface area (TPSA) is 55.6 Å². The summed E-state index contributed by atoms with van der Waals surface area (Å²) in [5, 5.41) is 0. The van der Waals surface area contributed by atoms with E-state index in [-0.39, 0.29) is 24.4 Å². The molecule has 1 saturated heterocycles. The maximum Gasteiger partial charge on any atom is 0.222 e. The van der Waals surface area contributed by atoms with E-state index < -0.39 is 0 Å². The van der Waals surface area contributed by atoms with Crippen molar-refractivity contribution < 1.29 is 9.53 Å². The number of nitrogens with two attached hydrogens (primary N) is 1. The molecule has 4 nitrogen and oxygen atoms in total. The molecule has 0 atom stereocenters. The number of aryl methyl sites for hydroxylation is 1. The molecule has 2 rings (SSSR count). The molecule has 0 unspecified atom stereocenters. The molecule has 0 bridgehead atoms. The molecule has 1 amide bonds. The molecular weight excluding hydrogens is 276 g/mol. The summed E-state index contributed by atoms with van der Waals surface area (Å²) in [6, 6.07) is 8.15. The molecule has 0 aliphatic carbocycles. The van der Waals surface area contributed by atoms with Crippen molar-refractivity contribution in [2.45, 2.75) is 31.7 Å². The molecule has 1 heterocycles. The second kappa shape index (κ2) is 8.12. The molecule has 2 N–H and O–H groups in total. The first-order valence-electron chi connectivity index (χ1n) is 6.85. The van der Waals surface area contributed by atoms with E-state index in [2.05, 4.69) is 0 Å². The first kappa shape index (κ1) is 16.8. The summed E-state index contributed by atoms with van der Waals surface area (Å²) in [6.45, 7) is 1.62. The maximum absolute atomic E-state index is 12.1. The lowest BCUT2D eigenvalue weighted by Crippen LogP contribution is -2.42. The Kier molecular flexibility index (Phi) is 6.82. The predicted octanol–water partition coefficient (Wildman–Crippen LogP) is 2.00. The van der Waals surface area contributed by atoms with Crippen LogP contribution >= 0.6 is 12.4 Å². The van der Waals surface area contributed by atoms with Gasteiger partial charge in [-0.3, -0.25) is 4.79 Å². The summed E-state index contributed by atoms with van der Waals surface area (Å²) < 4.78 is 5.11. The highest BCUT2D eigenvalue weighted by atomic mass is 35.5. The van der Waals surface area contributed by atoms with Crippen LogP contribution in [0, 0.1) is 0 Å². The SMILES string of the molecule is COc1ccc(CCC(=O)N2CCC(N)CC2)cc1.Cl. The monoisotopic (exact) mass is 298 g/mol. The van der Waals surface area contributed by atoms with Crippen LogP contribution in [-0.2, 0) is 11.2 Å². The molecule has 1 aliphatic rings. The molecule has 1 aliphatic heterocycles. The van der Waals surface area contributed by atoms with Crippen LogP contribution in [0.1, 0.15) is 24.8 Å². The van der Waals surface area contributed by atoms with Gasteiger partial charge in [0.25, 0.3) is 0 Å². The van der Waals surface area contributed by atoms with Crippen molar-refractivity contribution in [3.05, 3.63) is 29.8 Å². The number of likely N-dealkylation sites (tertiary alicyclic amines) is 1. The molecule has 1 fully saturated rings. The van der Waals surface area contributed by atoms with E-state index in [1.54, 1.807) is 7.11 Å². The molecule has 0 aromatic heterocycles. The third-order valence-electron chi connectivity index (χ3n) is 3.68. The van der Waals surface area contributed by atoms with E-state index >= 15 is 0 Å². The Balaban J connectivity index is 0.00000200. The summed E-state index contributed by atoms with van der Waals surface area (Å²) in [5.41, 5.74) is 7.01. The van der Waals surface area contributed by atoms with Gasteiger partial charge in [-0.25, -0.2) is 0 Å². The van der Waals surface area contributed by atoms with Crippen LogP contribution in [0.3, 0.4) is 0 Å². The van der Waals surface area contributed by atoms with Gasteiger partial charge in [-0.05, 0) is 37.0 Å². The molecular formula is C15H23ClN2O2. The zero-order chi connectivity index (χ0) is 13.7. The van der Waals surface area contributed by atoms with E-state index in [4.69, 9.17) is 10.5 Å². The summed E-state index contributed by atoms with van der Waals surface area (Å²) >= 11 is 0. The highest BCUT2D eigenvalue weighted by Crippen LogP contribution is 2.14. The fourth-order valence-electron chi connectivity index (χ4n) is 2.35. The molecule has 1 aromatic rings. The molecule has 20 heavy (non-hydrogen) atoms. The first-order valence-corrected chi connectivity index (χ1v) is 6.85. The van der Waals surface area contributed by atoms with Gasteiger partial charge in [0.05, 0.1) is 7.11 Å². The zero-order valence-electron chi connectivity index (χ0n) is 11.9. The first-order chi connectivity index (χ1) is 9.19. The van der Waals surface area contributed by atoms with Crippen molar-refractivity contribution in [1.29, 1.82) is 0 Å². The Labute approximate surface area is 126 Å². The van der Waals surface area contributed by atoms with Gasteiger partial charge in [-0.15, -0.1) is 12.4 Å². The minimum absolute atomic E-state index is 0. The van der Waals surface area contributed by atoms with Crippen molar-refractivity contribution in [3.8, 4) is 5.75 Å². The van der Waals surface area contributed by atoms with Crippen LogP contribution in [0.2, 0.25) is 0 Å². The summed E-state index contributed by atoms with van der Waals surface area (Å²) in [7, 11) is 1.65. The van der Waals surface area contributed by atoms with Crippen molar-refractivity contribution in [2.75, 3.05) is 20.2 Å². The van der Waals surface area contributed by atoms with E-state index in [0.29, 0.717) is 6.42 Å². The van der Waals surface area contributed by atoms with Crippen LogP contribution < -0.4 is 10.5 Å². The number of methoxy groups -OCH3 is 1. The molecule has 0 radical (unpaired) electrons. The van der Waals surface area contributed by atoms with Crippen LogP contribution in [0.15, 0.2) is 24.3 Å². The van der Waals surface area contributed by atoms with Gasteiger partial charge >= 0.3 is 0 Å². The summed E-state index contributed by atoms with van der Waals surface area (Å²) in [6.07, 6.45) is 3.20. The third-order valence-corrected chi connectivity index (χ3v) is 3.68. The van der Waals surface area contributed by atoms with E-state index in [1.165, 1.54) is 5.56 Å². The van der Waals surface area contributed by atoms with Crippen molar-refractivity contribution in [3.63, 3.8) is 0 Å². The lowest BCUT2D eigenvalue weighted by atomic mass is 10.0. The fourth-order valence-corrected chi connectivity index (χ4v) is 2.35. The highest BCUT2D eigenvalue weighted by Gasteiger charge is 2.19. The van der Waals surface area contributed by atoms with Crippen molar-refractivity contribution in [2.24, 2.45) is 5.73 Å². The Morgan fingerprint density at radius 1 is 1.30 bits per heavy atom. The number of carbonyl (C=O) groups is 1. The molecule has 5 heteroatoms. The van der Waals surface area contributed by atoms with Gasteiger partial charge < -0.3 is 15.4 Å². The highest BCUT2D eigenvalue weighted by molar-refractivity contribution is 5.85. The Morgan fingerprint density at radius 3 is 2.45 bits per heavy atom. The average molecular weight is 299 g/mol. The van der Waals surface area contributed by atoms with Crippen molar-refractivity contribution in [1.82, 2.24) is 4.90 Å². The van der Waals surface area contributed by atoms with Crippen LogP contribution in [0.4, 0.5) is 0 Å². The second-order valence-corrected chi connectivity index (χ2v) is 5.07. The number of amides is 1. The molecule has 0 saturated carbocycles. The van der Waals surface area contributed by atoms with Gasteiger partial charge in [0.1, 0.15) is 5.75 Å². The van der Waals surface area contributed by atoms with Crippen LogP contribution in [-0.4, -0.2) is 37.0 Å². The Morgan fingerprint density at radius 2 is 1.90 bits per heavy atom. The Hall–Kier alpha value is -1.26. The number of rotatable bonds is 4. The number of hydrogen-bond donors (Lipinski definition) is 1. The van der Waals surface area contributed by atoms with Gasteiger partial charge in [0.15, 0.2) is 0 Å². The van der Waals surface area contributed by atoms with Crippen molar-refractivity contribution >= 4 is 18.3 Å². The van der Waals surface area contributed by atoms with Gasteiger partial charge in [0, 0.05) is 25.6 Å². The minimum atomic E-state index is 0. The number of nitrogens with zero attached hydrogens (tertiary/aromatic N) is 1. The van der Waals surface area contributed by atoms with Gasteiger partial charge in [-0.1, -0.05) is 12.1 Å². The summed E-state index contributed by atoms with van der Waals surface area (Å²) in [4.78, 5) is 14.0. The van der Waals surface area contributed by atoms with Crippen LogP contribution in [0.25, 0.3) is 0 Å². The number of halogens is 1. The van der Waals surface area contributed by atoms with E-state index in [9.17, 15) is 4.79 Å². The van der Waals surface area contributed by atoms with Gasteiger partial charge in [0.2, 0.25) is 5.91 Å². The van der Waals surface area contributed by atoms with Crippen LogP contribution in [0.5, 0.6) is 5.75 Å². The Bertz CT molecular complexity index is 414. The quantitative estimate of drug-likeness (QED) is 0.925. The zero-order valence-corrected chi connectivity index (χ0v) is 12.7. The normalized spacial score (nSPS) is 15.6. The third kappa shape index (κ3) is 4.69. The standard InChI is InChI=1S/C15H22N2O2.ClH/c1-19-14-5-2-12(3-6-14)4-7-15(18)17-10-8-13(16)9-11-17;/h2-3,5-6,13H,4,7-11,16H2,1H3;1H. The van der Waals surface area contributed by atoms with E-state index in [0.717, 1.165) is 38.1 Å². The minimum Gasteiger partial charge on any atom is -0.497 e. The number of ether oxygens (including phenoxy) is 1. The summed E-state index contributed by atoms with van der Waals surface area (Å²) in [5.74, 6) is 1.09. The fraction of sp³-hybridized carbons (Fsp3) is 0.533. The second-order valence-electron chi connectivity index (χ2n) is 5.07. The number of piperidine rings is 1. The maximum atomic E-state index is 12.1. The largest absolute Gasteiger partial charge is 0.497 e. The average Bonchev–Trinajstić information content (AvgIpc) is 2.46. The smallest absolute Gasteiger partial charge is 0.222 e. The number of hydrogen-bond acceptors (Lipinski definition) is 3. The van der Waals surface area contributed by atoms with E-state index in [1.807, 2.05) is 29.2 Å². The molecule has 1 aromatic carbocycles.